The van der Waals surface area contributed by atoms with Crippen molar-refractivity contribution in [2.24, 2.45) is 11.3 Å². The van der Waals surface area contributed by atoms with Crippen LogP contribution in [-0.2, 0) is 6.61 Å². The van der Waals surface area contributed by atoms with Gasteiger partial charge in [0.05, 0.1) is 6.61 Å². The number of aliphatic hydroxyl groups excluding tert-OH is 1. The number of anilines is 1. The van der Waals surface area contributed by atoms with E-state index in [2.05, 4.69) is 30.7 Å². The highest BCUT2D eigenvalue weighted by molar-refractivity contribution is 5.40. The van der Waals surface area contributed by atoms with Crippen LogP contribution in [0.1, 0.15) is 32.8 Å². The number of aliphatic hydroxyl groups is 1. The number of rotatable bonds is 2. The lowest BCUT2D eigenvalue weighted by molar-refractivity contribution is 0.263. The fraction of sp³-hybridized carbons (Fsp3) is 0.643. The molecule has 1 N–H and O–H groups in total. The van der Waals surface area contributed by atoms with Crippen LogP contribution in [0.2, 0.25) is 0 Å². The van der Waals surface area contributed by atoms with Crippen molar-refractivity contribution in [1.29, 1.82) is 0 Å². The Hall–Kier alpha value is -1.09. The van der Waals surface area contributed by atoms with Gasteiger partial charge in [-0.15, -0.1) is 0 Å². The third-order valence-electron chi connectivity index (χ3n) is 3.73. The molecule has 0 aliphatic carbocycles. The first-order valence-corrected chi connectivity index (χ1v) is 6.31. The number of hydrogen-bond donors (Lipinski definition) is 1. The van der Waals surface area contributed by atoms with Gasteiger partial charge in [-0.3, -0.25) is 0 Å². The van der Waals surface area contributed by atoms with E-state index in [0.29, 0.717) is 5.41 Å². The maximum absolute atomic E-state index is 8.99. The third-order valence-corrected chi connectivity index (χ3v) is 3.73. The molecule has 2 heterocycles. The highest BCUT2D eigenvalue weighted by Crippen LogP contribution is 2.34. The van der Waals surface area contributed by atoms with Crippen molar-refractivity contribution in [2.75, 3.05) is 18.0 Å². The van der Waals surface area contributed by atoms with Gasteiger partial charge >= 0.3 is 0 Å². The molecule has 0 spiro atoms. The average molecular weight is 234 g/mol. The summed E-state index contributed by atoms with van der Waals surface area (Å²) in [7, 11) is 0. The summed E-state index contributed by atoms with van der Waals surface area (Å²) in [6.45, 7) is 9.18. The van der Waals surface area contributed by atoms with Crippen molar-refractivity contribution >= 4 is 5.82 Å². The maximum Gasteiger partial charge on any atom is 0.128 e. The molecule has 2 rings (SSSR count). The molecule has 3 heteroatoms. The molecule has 0 radical (unpaired) electrons. The van der Waals surface area contributed by atoms with Crippen LogP contribution in [0.15, 0.2) is 18.3 Å². The van der Waals surface area contributed by atoms with Crippen LogP contribution in [0, 0.1) is 11.3 Å². The minimum absolute atomic E-state index is 0.0674. The van der Waals surface area contributed by atoms with Crippen molar-refractivity contribution < 1.29 is 5.11 Å². The van der Waals surface area contributed by atoms with E-state index in [-0.39, 0.29) is 6.61 Å². The van der Waals surface area contributed by atoms with Gasteiger partial charge in [-0.1, -0.05) is 26.8 Å². The van der Waals surface area contributed by atoms with E-state index in [9.17, 15) is 0 Å². The molecule has 1 unspecified atom stereocenters. The summed E-state index contributed by atoms with van der Waals surface area (Å²) in [4.78, 5) is 6.76. The van der Waals surface area contributed by atoms with E-state index in [1.165, 1.54) is 6.42 Å². The first-order valence-electron chi connectivity index (χ1n) is 6.31. The first kappa shape index (κ1) is 12.4. The quantitative estimate of drug-likeness (QED) is 0.854. The van der Waals surface area contributed by atoms with Gasteiger partial charge in [-0.2, -0.15) is 0 Å². The molecule has 94 valence electrons. The minimum Gasteiger partial charge on any atom is -0.392 e. The largest absolute Gasteiger partial charge is 0.392 e. The Balaban J connectivity index is 2.05. The van der Waals surface area contributed by atoms with Crippen LogP contribution >= 0.6 is 0 Å². The predicted molar refractivity (Wildman–Crippen MR) is 69.9 cm³/mol. The van der Waals surface area contributed by atoms with Gasteiger partial charge in [0.25, 0.3) is 0 Å². The highest BCUT2D eigenvalue weighted by Gasteiger charge is 2.32. The number of nitrogens with zero attached hydrogens (tertiary/aromatic N) is 2. The minimum atomic E-state index is 0.0674. The smallest absolute Gasteiger partial charge is 0.128 e. The fourth-order valence-corrected chi connectivity index (χ4v) is 2.37. The van der Waals surface area contributed by atoms with Gasteiger partial charge in [0.2, 0.25) is 0 Å². The van der Waals surface area contributed by atoms with E-state index in [1.807, 2.05) is 12.1 Å². The Kier molecular flexibility index (Phi) is 3.38. The summed E-state index contributed by atoms with van der Waals surface area (Å²) in [6.07, 6.45) is 3.01. The lowest BCUT2D eigenvalue weighted by atomic mass is 9.80. The molecule has 1 aromatic rings. The monoisotopic (exact) mass is 234 g/mol. The molecule has 1 fully saturated rings. The molecule has 1 aliphatic rings. The normalized spacial score (nSPS) is 20.9. The van der Waals surface area contributed by atoms with E-state index >= 15 is 0 Å². The molecule has 0 saturated carbocycles. The zero-order valence-electron chi connectivity index (χ0n) is 11.0. The van der Waals surface area contributed by atoms with E-state index in [1.54, 1.807) is 6.20 Å². The lowest BCUT2D eigenvalue weighted by Gasteiger charge is -2.27. The van der Waals surface area contributed by atoms with Crippen LogP contribution < -0.4 is 4.90 Å². The van der Waals surface area contributed by atoms with Crippen molar-refractivity contribution in [3.63, 3.8) is 0 Å². The van der Waals surface area contributed by atoms with Gasteiger partial charge < -0.3 is 10.0 Å². The first-order chi connectivity index (χ1) is 8.00. The Morgan fingerprint density at radius 3 is 2.65 bits per heavy atom. The molecule has 1 atom stereocenters. The van der Waals surface area contributed by atoms with Crippen molar-refractivity contribution in [1.82, 2.24) is 4.98 Å². The maximum atomic E-state index is 8.99. The number of pyridine rings is 1. The fourth-order valence-electron chi connectivity index (χ4n) is 2.37. The summed E-state index contributed by atoms with van der Waals surface area (Å²) >= 11 is 0. The van der Waals surface area contributed by atoms with Gasteiger partial charge in [-0.25, -0.2) is 4.98 Å². The molecule has 0 aromatic carbocycles. The lowest BCUT2D eigenvalue weighted by Crippen LogP contribution is -2.26. The van der Waals surface area contributed by atoms with Crippen LogP contribution in [0.3, 0.4) is 0 Å². The number of aromatic nitrogens is 1. The van der Waals surface area contributed by atoms with E-state index in [4.69, 9.17) is 5.11 Å². The Labute approximate surface area is 103 Å². The zero-order chi connectivity index (χ0) is 12.5. The second kappa shape index (κ2) is 4.65. The van der Waals surface area contributed by atoms with Crippen molar-refractivity contribution in [3.8, 4) is 0 Å². The van der Waals surface area contributed by atoms with E-state index < -0.39 is 0 Å². The Morgan fingerprint density at radius 2 is 2.18 bits per heavy atom. The molecule has 0 amide bonds. The van der Waals surface area contributed by atoms with Crippen molar-refractivity contribution in [2.45, 2.75) is 33.8 Å². The summed E-state index contributed by atoms with van der Waals surface area (Å²) in [5.74, 6) is 1.77. The molecule has 0 bridgehead atoms. The van der Waals surface area contributed by atoms with E-state index in [0.717, 1.165) is 30.4 Å². The number of hydrogen-bond acceptors (Lipinski definition) is 3. The summed E-state index contributed by atoms with van der Waals surface area (Å²) in [6, 6.07) is 3.96. The second-order valence-corrected chi connectivity index (χ2v) is 5.98. The standard InChI is InChI=1S/C14H22N2O/c1-14(2,3)12-6-7-16(9-12)13-5-4-11(10-17)8-15-13/h4-5,8,12,17H,6-7,9-10H2,1-3H3. The molecule has 17 heavy (non-hydrogen) atoms. The predicted octanol–water partition coefficient (Wildman–Crippen LogP) is 2.45. The average Bonchev–Trinajstić information content (AvgIpc) is 2.78. The Morgan fingerprint density at radius 1 is 1.41 bits per heavy atom. The topological polar surface area (TPSA) is 36.4 Å². The second-order valence-electron chi connectivity index (χ2n) is 5.98. The van der Waals surface area contributed by atoms with Gasteiger partial charge in [-0.05, 0) is 29.4 Å². The molecular formula is C14H22N2O. The molecular weight excluding hydrogens is 212 g/mol. The zero-order valence-corrected chi connectivity index (χ0v) is 11.0. The highest BCUT2D eigenvalue weighted by atomic mass is 16.3. The molecule has 1 aromatic heterocycles. The third kappa shape index (κ3) is 2.78. The van der Waals surface area contributed by atoms with Gasteiger partial charge in [0.15, 0.2) is 0 Å². The van der Waals surface area contributed by atoms with Crippen LogP contribution in [0.4, 0.5) is 5.82 Å². The van der Waals surface area contributed by atoms with Crippen LogP contribution in [0.25, 0.3) is 0 Å². The van der Waals surface area contributed by atoms with Crippen molar-refractivity contribution in [3.05, 3.63) is 23.9 Å². The Bertz CT molecular complexity index is 367. The molecule has 1 saturated heterocycles. The summed E-state index contributed by atoms with van der Waals surface area (Å²) in [5, 5.41) is 8.99. The summed E-state index contributed by atoms with van der Waals surface area (Å²) in [5.41, 5.74) is 1.25. The molecule has 1 aliphatic heterocycles. The van der Waals surface area contributed by atoms with Gasteiger partial charge in [0, 0.05) is 19.3 Å². The van der Waals surface area contributed by atoms with Crippen LogP contribution in [-0.4, -0.2) is 23.2 Å². The van der Waals surface area contributed by atoms with Crippen LogP contribution in [0.5, 0.6) is 0 Å². The van der Waals surface area contributed by atoms with Gasteiger partial charge in [0.1, 0.15) is 5.82 Å². The molecule has 3 nitrogen and oxygen atoms in total. The SMILES string of the molecule is CC(C)(C)C1CCN(c2ccc(CO)cn2)C1. The summed E-state index contributed by atoms with van der Waals surface area (Å²) < 4.78 is 0.